The van der Waals surface area contributed by atoms with E-state index in [9.17, 15) is 18.0 Å². The lowest BCUT2D eigenvalue weighted by molar-refractivity contribution is -0.137. The van der Waals surface area contributed by atoms with E-state index in [4.69, 9.17) is 33.7 Å². The van der Waals surface area contributed by atoms with Gasteiger partial charge in [0.2, 0.25) is 5.95 Å². The van der Waals surface area contributed by atoms with Crippen molar-refractivity contribution < 1.29 is 22.7 Å². The molecule has 0 aliphatic heterocycles. The van der Waals surface area contributed by atoms with Crippen LogP contribution in [0.3, 0.4) is 0 Å². The predicted molar refractivity (Wildman–Crippen MR) is 123 cm³/mol. The molecule has 0 bridgehead atoms. The summed E-state index contributed by atoms with van der Waals surface area (Å²) in [6.07, 6.45) is -2.65. The van der Waals surface area contributed by atoms with Crippen LogP contribution in [0.25, 0.3) is 11.2 Å². The summed E-state index contributed by atoms with van der Waals surface area (Å²) in [5.74, 6) is 0.751. The lowest BCUT2D eigenvalue weighted by atomic mass is 10.1. The number of amides is 1. The highest BCUT2D eigenvalue weighted by atomic mass is 35.5. The number of imidazole rings is 1. The van der Waals surface area contributed by atoms with Crippen LogP contribution in [0.1, 0.15) is 24.0 Å². The number of halogens is 5. The van der Waals surface area contributed by atoms with Gasteiger partial charge in [-0.15, -0.1) is 0 Å². The quantitative estimate of drug-likeness (QED) is 0.421. The number of hydrogen-bond acceptors (Lipinski definition) is 7. The van der Waals surface area contributed by atoms with Crippen LogP contribution in [0, 0.1) is 0 Å². The first-order valence-electron chi connectivity index (χ1n) is 10.1. The molecule has 0 radical (unpaired) electrons. The molecular formula is C20H22Cl2F3N7O2. The minimum absolute atomic E-state index is 0.00716. The Morgan fingerprint density at radius 3 is 2.65 bits per heavy atom. The van der Waals surface area contributed by atoms with Gasteiger partial charge < -0.3 is 25.3 Å². The number of fused-ring (bicyclic) bond motifs is 1. The summed E-state index contributed by atoms with van der Waals surface area (Å²) in [5, 5.41) is 1.81. The van der Waals surface area contributed by atoms with Crippen LogP contribution < -0.4 is 16.0 Å². The second-order valence-electron chi connectivity index (χ2n) is 7.50. The smallest absolute Gasteiger partial charge is 0.417 e. The number of alkyl halides is 3. The molecule has 3 aromatic rings. The molecule has 3 rings (SSSR count). The van der Waals surface area contributed by atoms with Crippen molar-refractivity contribution in [3.05, 3.63) is 39.6 Å². The third-order valence-electron chi connectivity index (χ3n) is 4.81. The van der Waals surface area contributed by atoms with E-state index in [0.29, 0.717) is 36.5 Å². The number of nitrogens with two attached hydrogens (primary N) is 1. The van der Waals surface area contributed by atoms with Crippen molar-refractivity contribution in [2.75, 3.05) is 31.3 Å². The van der Waals surface area contributed by atoms with Gasteiger partial charge in [0.1, 0.15) is 5.52 Å². The summed E-state index contributed by atoms with van der Waals surface area (Å²) in [4.78, 5) is 26.6. The van der Waals surface area contributed by atoms with E-state index in [1.807, 2.05) is 4.57 Å². The molecule has 9 nitrogen and oxygen atoms in total. The second-order valence-corrected chi connectivity index (χ2v) is 8.28. The van der Waals surface area contributed by atoms with Gasteiger partial charge in [0.25, 0.3) is 0 Å². The van der Waals surface area contributed by atoms with Gasteiger partial charge in [-0.2, -0.15) is 23.1 Å². The van der Waals surface area contributed by atoms with Crippen LogP contribution in [-0.4, -0.2) is 46.3 Å². The third-order valence-corrected chi connectivity index (χ3v) is 5.59. The van der Waals surface area contributed by atoms with E-state index in [-0.39, 0.29) is 29.6 Å². The number of anilines is 2. The molecule has 184 valence electrons. The molecule has 0 spiro atoms. The van der Waals surface area contributed by atoms with Gasteiger partial charge in [0.15, 0.2) is 11.5 Å². The highest BCUT2D eigenvalue weighted by Crippen LogP contribution is 2.38. The van der Waals surface area contributed by atoms with E-state index < -0.39 is 22.9 Å². The van der Waals surface area contributed by atoms with Gasteiger partial charge in [-0.25, -0.2) is 9.78 Å². The molecule has 2 aromatic heterocycles. The average Bonchev–Trinajstić information content (AvgIpc) is 3.16. The zero-order chi connectivity index (χ0) is 25.0. The van der Waals surface area contributed by atoms with Crippen molar-refractivity contribution in [1.29, 1.82) is 0 Å². The van der Waals surface area contributed by atoms with Crippen LogP contribution in [0.2, 0.25) is 10.0 Å². The van der Waals surface area contributed by atoms with Crippen LogP contribution in [0.15, 0.2) is 18.5 Å². The highest BCUT2D eigenvalue weighted by Gasteiger charge is 2.34. The van der Waals surface area contributed by atoms with E-state index in [0.717, 1.165) is 12.1 Å². The molecule has 14 heteroatoms. The normalized spacial score (nSPS) is 11.6. The molecule has 0 unspecified atom stereocenters. The molecule has 0 aliphatic carbocycles. The summed E-state index contributed by atoms with van der Waals surface area (Å²) >= 11 is 11.8. The lowest BCUT2D eigenvalue weighted by Gasteiger charge is -2.14. The first-order valence-corrected chi connectivity index (χ1v) is 10.8. The maximum absolute atomic E-state index is 13.0. The summed E-state index contributed by atoms with van der Waals surface area (Å²) < 4.78 is 45.9. The fraction of sp³-hybridized carbons (Fsp3) is 0.400. The summed E-state index contributed by atoms with van der Waals surface area (Å²) in [5.41, 5.74) is 5.99. The summed E-state index contributed by atoms with van der Waals surface area (Å²) in [6.45, 7) is 0.347. The fourth-order valence-corrected chi connectivity index (χ4v) is 3.67. The number of hydrogen-bond donors (Lipinski definition) is 2. The first kappa shape index (κ1) is 25.6. The van der Waals surface area contributed by atoms with Crippen molar-refractivity contribution in [3.8, 4) is 0 Å². The monoisotopic (exact) mass is 519 g/mol. The standard InChI is InChI=1S/C20H22Cl2F3N7O2/c1-31(2)18-29-16(26)15-17(30-18)32(10-28-15)7-3-4-8-34-19(33)27-9-11-13(21)6-5-12(14(11)22)20(23,24)25/h5-6,10H,3-4,7-9H2,1-2H3,(H,27,33)(H2,26,29,30). The molecular weight excluding hydrogens is 498 g/mol. The number of rotatable bonds is 8. The van der Waals surface area contributed by atoms with Crippen LogP contribution >= 0.6 is 23.2 Å². The number of unbranched alkanes of at least 4 members (excludes halogenated alkanes) is 1. The average molecular weight is 520 g/mol. The zero-order valence-corrected chi connectivity index (χ0v) is 19.8. The number of benzene rings is 1. The number of carbonyl (C=O) groups is 1. The van der Waals surface area contributed by atoms with Crippen LogP contribution in [-0.2, 0) is 24.0 Å². The number of nitrogens with zero attached hydrogens (tertiary/aromatic N) is 5. The zero-order valence-electron chi connectivity index (χ0n) is 18.3. The number of ether oxygens (including phenoxy) is 1. The Balaban J connectivity index is 1.48. The fourth-order valence-electron chi connectivity index (χ4n) is 3.06. The first-order chi connectivity index (χ1) is 16.0. The highest BCUT2D eigenvalue weighted by molar-refractivity contribution is 6.36. The van der Waals surface area contributed by atoms with Crippen molar-refractivity contribution in [2.24, 2.45) is 0 Å². The molecule has 1 amide bonds. The number of nitrogen functional groups attached to an aromatic ring is 1. The number of aryl methyl sites for hydroxylation is 1. The number of carbonyl (C=O) groups excluding carboxylic acids is 1. The summed E-state index contributed by atoms with van der Waals surface area (Å²) in [6, 6.07) is 1.87. The minimum Gasteiger partial charge on any atom is -0.450 e. The van der Waals surface area contributed by atoms with Crippen LogP contribution in [0.5, 0.6) is 0 Å². The third kappa shape index (κ3) is 5.92. The lowest BCUT2D eigenvalue weighted by Crippen LogP contribution is -2.25. The van der Waals surface area contributed by atoms with Crippen LogP contribution in [0.4, 0.5) is 29.7 Å². The van der Waals surface area contributed by atoms with E-state index in [2.05, 4.69) is 20.3 Å². The molecule has 3 N–H and O–H groups in total. The molecule has 0 saturated heterocycles. The van der Waals surface area contributed by atoms with Crippen molar-refractivity contribution >= 4 is 52.2 Å². The molecule has 0 aliphatic rings. The van der Waals surface area contributed by atoms with Crippen molar-refractivity contribution in [3.63, 3.8) is 0 Å². The summed E-state index contributed by atoms with van der Waals surface area (Å²) in [7, 11) is 3.61. The van der Waals surface area contributed by atoms with E-state index in [1.165, 1.54) is 0 Å². The number of nitrogens with one attached hydrogen (secondary N) is 1. The SMILES string of the molecule is CN(C)c1nc(N)c2ncn(CCCCOC(=O)NCc3c(Cl)ccc(C(F)(F)F)c3Cl)c2n1. The van der Waals surface area contributed by atoms with Gasteiger partial charge in [0.05, 0.1) is 23.5 Å². The Kier molecular flexibility index (Phi) is 7.93. The number of aromatic nitrogens is 4. The minimum atomic E-state index is -4.64. The Morgan fingerprint density at radius 1 is 1.24 bits per heavy atom. The molecule has 34 heavy (non-hydrogen) atoms. The Labute approximate surface area is 203 Å². The largest absolute Gasteiger partial charge is 0.450 e. The Hall–Kier alpha value is -2.99. The van der Waals surface area contributed by atoms with Gasteiger partial charge in [-0.3, -0.25) is 0 Å². The van der Waals surface area contributed by atoms with Crippen molar-refractivity contribution in [1.82, 2.24) is 24.8 Å². The molecule has 0 fully saturated rings. The van der Waals surface area contributed by atoms with Gasteiger partial charge in [0, 0.05) is 37.8 Å². The maximum atomic E-state index is 13.0. The van der Waals surface area contributed by atoms with E-state index in [1.54, 1.807) is 25.3 Å². The van der Waals surface area contributed by atoms with E-state index >= 15 is 0 Å². The molecule has 1 aromatic carbocycles. The van der Waals surface area contributed by atoms with Gasteiger partial charge in [-0.1, -0.05) is 23.2 Å². The topological polar surface area (TPSA) is 111 Å². The van der Waals surface area contributed by atoms with Gasteiger partial charge >= 0.3 is 12.3 Å². The Morgan fingerprint density at radius 2 is 1.97 bits per heavy atom. The van der Waals surface area contributed by atoms with Crippen molar-refractivity contribution in [2.45, 2.75) is 32.1 Å². The molecule has 0 saturated carbocycles. The Bertz CT molecular complexity index is 1190. The predicted octanol–water partition coefficient (Wildman–Crippen LogP) is 4.51. The van der Waals surface area contributed by atoms with Gasteiger partial charge in [-0.05, 0) is 25.0 Å². The maximum Gasteiger partial charge on any atom is 0.417 e. The molecule has 2 heterocycles. The molecule has 0 atom stereocenters. The number of alkyl carbamates (subject to hydrolysis) is 1. The second kappa shape index (κ2) is 10.5.